The quantitative estimate of drug-likeness (QED) is 0.0348. The van der Waals surface area contributed by atoms with Crippen molar-refractivity contribution in [2.75, 3.05) is 58.6 Å². The molecule has 3 N–H and O–H groups in total. The van der Waals surface area contributed by atoms with Crippen LogP contribution in [0.25, 0.3) is 21.9 Å². The van der Waals surface area contributed by atoms with Gasteiger partial charge in [0.05, 0.1) is 39.9 Å². The third kappa shape index (κ3) is 14.1. The predicted octanol–water partition coefficient (Wildman–Crippen LogP) is 6.82. The summed E-state index contributed by atoms with van der Waals surface area (Å²) in [6, 6.07) is 1.64. The average Bonchev–Trinajstić information content (AvgIpc) is 3.21. The lowest BCUT2D eigenvalue weighted by atomic mass is 9.98. The Labute approximate surface area is 360 Å². The fourth-order valence-electron chi connectivity index (χ4n) is 6.28. The van der Waals surface area contributed by atoms with Gasteiger partial charge in [-0.15, -0.1) is 0 Å². The number of aromatic hydroxyl groups is 1. The van der Waals surface area contributed by atoms with Gasteiger partial charge in [0.15, 0.2) is 11.5 Å². The van der Waals surface area contributed by atoms with Gasteiger partial charge in [0.1, 0.15) is 40.1 Å². The maximum absolute atomic E-state index is 14.5. The number of phenols is 1. The molecule has 0 bridgehead atoms. The summed E-state index contributed by atoms with van der Waals surface area (Å²) in [5, 5.41) is 17.5. The highest BCUT2D eigenvalue weighted by molar-refractivity contribution is 7.98. The molecule has 0 unspecified atom stereocenters. The Balaban J connectivity index is 1.99. The topological polar surface area (TPSA) is 189 Å². The van der Waals surface area contributed by atoms with Crippen LogP contribution in [-0.2, 0) is 41.5 Å². The van der Waals surface area contributed by atoms with E-state index in [0.717, 1.165) is 11.1 Å². The van der Waals surface area contributed by atoms with E-state index in [1.807, 2.05) is 52.4 Å². The summed E-state index contributed by atoms with van der Waals surface area (Å²) < 4.78 is 34.3. The fourth-order valence-corrected chi connectivity index (χ4v) is 7.23. The Bertz CT molecular complexity index is 2090. The van der Waals surface area contributed by atoms with E-state index in [9.17, 15) is 29.1 Å². The van der Waals surface area contributed by atoms with Crippen LogP contribution in [0.1, 0.15) is 77.3 Å². The van der Waals surface area contributed by atoms with Crippen LogP contribution in [0.4, 0.5) is 0 Å². The first-order valence-corrected chi connectivity index (χ1v) is 22.6. The largest absolute Gasteiger partial charge is 0.507 e. The summed E-state index contributed by atoms with van der Waals surface area (Å²) in [5.74, 6) is 0.303. The molecule has 0 spiro atoms. The van der Waals surface area contributed by atoms with Crippen molar-refractivity contribution in [3.05, 3.63) is 56.8 Å². The Morgan fingerprint density at radius 1 is 0.733 bits per heavy atom. The van der Waals surface area contributed by atoms with E-state index >= 15 is 0 Å². The second kappa shape index (κ2) is 25.1. The molecule has 0 fully saturated rings. The monoisotopic (exact) mass is 872 g/mol. The third-order valence-electron chi connectivity index (χ3n) is 9.42. The van der Waals surface area contributed by atoms with Crippen LogP contribution in [-0.4, -0.2) is 99.5 Å². The zero-order chi connectivity index (χ0) is 44.4. The van der Waals surface area contributed by atoms with Gasteiger partial charge in [-0.25, -0.2) is 9.59 Å². The van der Waals surface area contributed by atoms with Gasteiger partial charge in [0, 0.05) is 36.1 Å². The van der Waals surface area contributed by atoms with Crippen molar-refractivity contribution >= 4 is 69.2 Å². The second-order valence-electron chi connectivity index (χ2n) is 14.5. The number of ether oxygens (including phenoxy) is 5. The highest BCUT2D eigenvalue weighted by Gasteiger charge is 2.26. The van der Waals surface area contributed by atoms with Gasteiger partial charge < -0.3 is 43.8 Å². The molecular weight excluding hydrogens is 813 g/mol. The Hall–Kier alpha value is -4.83. The molecule has 14 nitrogen and oxygen atoms in total. The number of fused-ring (bicyclic) bond motifs is 2. The summed E-state index contributed by atoms with van der Waals surface area (Å²) in [6.07, 6.45) is 9.88. The molecule has 60 heavy (non-hydrogen) atoms. The first kappa shape index (κ1) is 49.5. The molecule has 1 heterocycles. The van der Waals surface area contributed by atoms with E-state index in [4.69, 9.17) is 28.1 Å². The predicted molar refractivity (Wildman–Crippen MR) is 238 cm³/mol. The van der Waals surface area contributed by atoms with Gasteiger partial charge in [-0.05, 0) is 90.2 Å². The third-order valence-corrected chi connectivity index (χ3v) is 10.7. The van der Waals surface area contributed by atoms with Gasteiger partial charge in [0.2, 0.25) is 17.2 Å². The highest BCUT2D eigenvalue weighted by Crippen LogP contribution is 2.42. The number of amides is 2. The molecule has 0 aliphatic heterocycles. The van der Waals surface area contributed by atoms with Crippen molar-refractivity contribution in [1.29, 1.82) is 0 Å². The van der Waals surface area contributed by atoms with E-state index in [-0.39, 0.29) is 77.7 Å². The van der Waals surface area contributed by atoms with Gasteiger partial charge >= 0.3 is 11.9 Å². The summed E-state index contributed by atoms with van der Waals surface area (Å²) in [6.45, 7) is 7.91. The van der Waals surface area contributed by atoms with Crippen molar-refractivity contribution in [2.45, 2.75) is 91.1 Å². The van der Waals surface area contributed by atoms with E-state index in [2.05, 4.69) is 10.6 Å². The highest BCUT2D eigenvalue weighted by atomic mass is 32.2. The zero-order valence-corrected chi connectivity index (χ0v) is 37.8. The first-order chi connectivity index (χ1) is 28.7. The van der Waals surface area contributed by atoms with Crippen molar-refractivity contribution in [1.82, 2.24) is 10.6 Å². The first-order valence-electron chi connectivity index (χ1n) is 19.8. The van der Waals surface area contributed by atoms with E-state index in [0.29, 0.717) is 66.2 Å². The van der Waals surface area contributed by atoms with Gasteiger partial charge in [0.25, 0.3) is 0 Å². The number of hydrogen-bond donors (Lipinski definition) is 3. The minimum absolute atomic E-state index is 0.0200. The Kier molecular flexibility index (Phi) is 20.7. The Morgan fingerprint density at radius 2 is 1.20 bits per heavy atom. The molecule has 2 amide bonds. The van der Waals surface area contributed by atoms with E-state index < -0.39 is 29.5 Å². The molecule has 0 aliphatic carbocycles. The standard InChI is InChI=1S/C44H60N2O12S2/c1-26(2)14-16-28-32(56-20-10-12-36(47)45-30(18-22-59-8)43(51)54-6)24-34-39(40(28)49)41(50)38-29(17-15-27(3)4)42(53-5)35(25-33(38)58-34)57-21-11-13-37(48)46-31(19-23-60-9)44(52)55-7/h14-15,24-25,30-31,49H,10-13,16-23H2,1-9H3,(H,45,47)(H,46,48)/t30-,31+/m1/s1. The smallest absolute Gasteiger partial charge is 0.328 e. The van der Waals surface area contributed by atoms with Crippen LogP contribution in [0.15, 0.2) is 44.6 Å². The molecule has 0 saturated carbocycles. The van der Waals surface area contributed by atoms with E-state index in [1.165, 1.54) is 21.3 Å². The molecule has 330 valence electrons. The molecule has 0 saturated heterocycles. The molecule has 16 heteroatoms. The molecule has 3 aromatic rings. The number of phenolic OH excluding ortho intramolecular Hbond substituents is 1. The minimum Gasteiger partial charge on any atom is -0.507 e. The van der Waals surface area contributed by atoms with Crippen LogP contribution in [0.2, 0.25) is 0 Å². The molecule has 0 aliphatic rings. The van der Waals surface area contributed by atoms with E-state index in [1.54, 1.807) is 35.7 Å². The minimum atomic E-state index is -0.747. The number of methoxy groups -OCH3 is 3. The molecule has 2 aromatic carbocycles. The lowest BCUT2D eigenvalue weighted by Gasteiger charge is -2.18. The van der Waals surface area contributed by atoms with Crippen LogP contribution in [0.5, 0.6) is 23.0 Å². The van der Waals surface area contributed by atoms with Crippen LogP contribution >= 0.6 is 23.5 Å². The number of allylic oxidation sites excluding steroid dienone is 4. The molecule has 2 atom stereocenters. The normalized spacial score (nSPS) is 11.9. The van der Waals surface area contributed by atoms with Crippen molar-refractivity contribution < 1.29 is 52.4 Å². The Morgan fingerprint density at radius 3 is 1.67 bits per heavy atom. The van der Waals surface area contributed by atoms with Gasteiger partial charge in [-0.1, -0.05) is 23.3 Å². The maximum Gasteiger partial charge on any atom is 0.328 e. The fraction of sp³-hybridized carbons (Fsp3) is 0.523. The summed E-state index contributed by atoms with van der Waals surface area (Å²) in [5.41, 5.74) is 2.67. The molecular formula is C44H60N2O12S2. The summed E-state index contributed by atoms with van der Waals surface area (Å²) >= 11 is 3.12. The zero-order valence-electron chi connectivity index (χ0n) is 36.2. The van der Waals surface area contributed by atoms with Crippen LogP contribution in [0, 0.1) is 0 Å². The number of thioether (sulfide) groups is 2. The number of hydrogen-bond acceptors (Lipinski definition) is 14. The van der Waals surface area contributed by atoms with Gasteiger partial charge in [-0.2, -0.15) is 23.5 Å². The van der Waals surface area contributed by atoms with Crippen LogP contribution < -0.4 is 30.3 Å². The molecule has 0 radical (unpaired) electrons. The van der Waals surface area contributed by atoms with Gasteiger partial charge in [-0.3, -0.25) is 14.4 Å². The summed E-state index contributed by atoms with van der Waals surface area (Å²) in [7, 11) is 4.04. The van der Waals surface area contributed by atoms with Crippen molar-refractivity contribution in [3.8, 4) is 23.0 Å². The number of benzene rings is 2. The van der Waals surface area contributed by atoms with Crippen LogP contribution in [0.3, 0.4) is 0 Å². The lowest BCUT2D eigenvalue weighted by Crippen LogP contribution is -2.41. The average molecular weight is 873 g/mol. The molecule has 3 rings (SSSR count). The number of carbonyl (C=O) groups is 4. The number of esters is 2. The number of carbonyl (C=O) groups excluding carboxylic acids is 4. The molecule has 1 aromatic heterocycles. The SMILES string of the molecule is COC(=O)[C@H](CCSC)NC(=O)CCCOc1cc2oc3cc(OCCCC(=O)N[C@H](CCSC)C(=O)OC)c(CC=C(C)C)c(O)c3c(=O)c2c(CC=C(C)C)c1OC. The number of nitrogens with one attached hydrogen (secondary N) is 2. The number of rotatable bonds is 25. The second-order valence-corrected chi connectivity index (χ2v) is 16.5. The van der Waals surface area contributed by atoms with Crippen molar-refractivity contribution in [2.24, 2.45) is 0 Å². The summed E-state index contributed by atoms with van der Waals surface area (Å²) in [4.78, 5) is 64.4. The lowest BCUT2D eigenvalue weighted by molar-refractivity contribution is -0.145. The maximum atomic E-state index is 14.5. The van der Waals surface area contributed by atoms with Crippen molar-refractivity contribution in [3.63, 3.8) is 0 Å².